The zero-order chi connectivity index (χ0) is 9.61. The molecular weight excluding hydrogens is 152 g/mol. The molecule has 0 fully saturated rings. The fraction of sp³-hybridized carbons (Fsp3) is 0.900. The average Bonchev–Trinajstić information content (AvgIpc) is 2.02. The SMILES string of the molecule is C[CH]OC(C)(CC)OCC(C)C. The average molecular weight is 173 g/mol. The van der Waals surface area contributed by atoms with Crippen molar-refractivity contribution in [1.82, 2.24) is 0 Å². The van der Waals surface area contributed by atoms with Crippen molar-refractivity contribution in [1.29, 1.82) is 0 Å². The largest absolute Gasteiger partial charge is 0.350 e. The van der Waals surface area contributed by atoms with Gasteiger partial charge in [0.25, 0.3) is 0 Å². The zero-order valence-electron chi connectivity index (χ0n) is 8.89. The van der Waals surface area contributed by atoms with Crippen LogP contribution in [0, 0.1) is 12.5 Å². The molecule has 0 amide bonds. The smallest absolute Gasteiger partial charge is 0.165 e. The molecule has 0 heterocycles. The van der Waals surface area contributed by atoms with Gasteiger partial charge in [-0.05, 0) is 26.2 Å². The lowest BCUT2D eigenvalue weighted by molar-refractivity contribution is -0.212. The number of ether oxygens (including phenoxy) is 2. The summed E-state index contributed by atoms with van der Waals surface area (Å²) in [4.78, 5) is 0. The molecule has 1 radical (unpaired) electrons. The van der Waals surface area contributed by atoms with Gasteiger partial charge in [0.05, 0.1) is 13.2 Å². The van der Waals surface area contributed by atoms with Crippen LogP contribution >= 0.6 is 0 Å². The van der Waals surface area contributed by atoms with Crippen molar-refractivity contribution < 1.29 is 9.47 Å². The third-order valence-corrected chi connectivity index (χ3v) is 1.73. The minimum atomic E-state index is -0.432. The third-order valence-electron chi connectivity index (χ3n) is 1.73. The van der Waals surface area contributed by atoms with Crippen LogP contribution in [0.25, 0.3) is 0 Å². The van der Waals surface area contributed by atoms with Crippen molar-refractivity contribution in [3.63, 3.8) is 0 Å². The molecule has 0 aromatic heterocycles. The highest BCUT2D eigenvalue weighted by Crippen LogP contribution is 2.18. The van der Waals surface area contributed by atoms with E-state index < -0.39 is 5.79 Å². The second-order valence-corrected chi connectivity index (χ2v) is 3.55. The Kier molecular flexibility index (Phi) is 5.51. The molecule has 0 aromatic carbocycles. The normalized spacial score (nSPS) is 16.5. The van der Waals surface area contributed by atoms with Gasteiger partial charge >= 0.3 is 0 Å². The Morgan fingerprint density at radius 2 is 2.00 bits per heavy atom. The van der Waals surface area contributed by atoms with Gasteiger partial charge in [-0.15, -0.1) is 0 Å². The van der Waals surface area contributed by atoms with E-state index in [1.165, 1.54) is 0 Å². The Morgan fingerprint density at radius 3 is 2.33 bits per heavy atom. The molecule has 0 saturated heterocycles. The molecule has 0 bridgehead atoms. The number of rotatable bonds is 6. The van der Waals surface area contributed by atoms with Crippen LogP contribution in [0.15, 0.2) is 0 Å². The van der Waals surface area contributed by atoms with Crippen LogP contribution in [0.1, 0.15) is 41.0 Å². The van der Waals surface area contributed by atoms with Crippen molar-refractivity contribution in [2.24, 2.45) is 5.92 Å². The monoisotopic (exact) mass is 173 g/mol. The first-order valence-corrected chi connectivity index (χ1v) is 4.63. The molecule has 0 aromatic rings. The summed E-state index contributed by atoms with van der Waals surface area (Å²) < 4.78 is 11.0. The lowest BCUT2D eigenvalue weighted by atomic mass is 10.2. The lowest BCUT2D eigenvalue weighted by Gasteiger charge is -2.28. The molecule has 0 N–H and O–H groups in total. The molecular formula is C10H21O2. The van der Waals surface area contributed by atoms with Gasteiger partial charge in [-0.25, -0.2) is 0 Å². The van der Waals surface area contributed by atoms with Gasteiger partial charge < -0.3 is 9.47 Å². The van der Waals surface area contributed by atoms with Gasteiger partial charge in [0.2, 0.25) is 0 Å². The summed E-state index contributed by atoms with van der Waals surface area (Å²) in [5.74, 6) is 0.121. The molecule has 0 aliphatic rings. The highest BCUT2D eigenvalue weighted by Gasteiger charge is 2.22. The number of hydrogen-bond acceptors (Lipinski definition) is 2. The fourth-order valence-electron chi connectivity index (χ4n) is 0.812. The first-order chi connectivity index (χ1) is 5.54. The van der Waals surface area contributed by atoms with Gasteiger partial charge in [-0.3, -0.25) is 0 Å². The molecule has 73 valence electrons. The van der Waals surface area contributed by atoms with Crippen molar-refractivity contribution in [2.75, 3.05) is 6.61 Å². The quantitative estimate of drug-likeness (QED) is 0.575. The van der Waals surface area contributed by atoms with Crippen molar-refractivity contribution >= 4 is 0 Å². The van der Waals surface area contributed by atoms with Gasteiger partial charge in [0, 0.05) is 0 Å². The van der Waals surface area contributed by atoms with E-state index in [0.717, 1.165) is 13.0 Å². The predicted molar refractivity (Wildman–Crippen MR) is 50.5 cm³/mol. The summed E-state index contributed by atoms with van der Waals surface area (Å²) in [6.45, 7) is 12.6. The van der Waals surface area contributed by atoms with Crippen molar-refractivity contribution in [2.45, 2.75) is 46.8 Å². The van der Waals surface area contributed by atoms with Crippen LogP contribution in [0.4, 0.5) is 0 Å². The van der Waals surface area contributed by atoms with Crippen LogP contribution in [-0.4, -0.2) is 12.4 Å². The van der Waals surface area contributed by atoms with E-state index in [0.29, 0.717) is 5.92 Å². The minimum Gasteiger partial charge on any atom is -0.350 e. The second-order valence-electron chi connectivity index (χ2n) is 3.55. The van der Waals surface area contributed by atoms with Crippen LogP contribution < -0.4 is 0 Å². The van der Waals surface area contributed by atoms with Crippen LogP contribution in [0.3, 0.4) is 0 Å². The Hall–Kier alpha value is -0.0800. The maximum atomic E-state index is 5.63. The fourth-order valence-corrected chi connectivity index (χ4v) is 0.812. The summed E-state index contributed by atoms with van der Waals surface area (Å²) in [5, 5.41) is 0. The van der Waals surface area contributed by atoms with Gasteiger partial charge in [-0.2, -0.15) is 0 Å². The summed E-state index contributed by atoms with van der Waals surface area (Å²) in [6.07, 6.45) is 0.865. The lowest BCUT2D eigenvalue weighted by Crippen LogP contribution is -2.31. The van der Waals surface area contributed by atoms with Crippen LogP contribution in [0.2, 0.25) is 0 Å². The molecule has 1 unspecified atom stereocenters. The molecule has 2 nitrogen and oxygen atoms in total. The maximum absolute atomic E-state index is 5.63. The third kappa shape index (κ3) is 4.73. The Morgan fingerprint density at radius 1 is 1.42 bits per heavy atom. The first kappa shape index (κ1) is 11.9. The summed E-state index contributed by atoms with van der Waals surface area (Å²) in [6, 6.07) is 0. The molecule has 0 aliphatic carbocycles. The Balaban J connectivity index is 3.78. The topological polar surface area (TPSA) is 18.5 Å². The van der Waals surface area contributed by atoms with E-state index in [1.54, 1.807) is 6.61 Å². The Bertz CT molecular complexity index is 112. The minimum absolute atomic E-state index is 0.432. The zero-order valence-corrected chi connectivity index (χ0v) is 8.89. The highest BCUT2D eigenvalue weighted by molar-refractivity contribution is 4.62. The van der Waals surface area contributed by atoms with Gasteiger partial charge in [-0.1, -0.05) is 20.8 Å². The molecule has 0 rings (SSSR count). The van der Waals surface area contributed by atoms with E-state index >= 15 is 0 Å². The molecule has 0 aliphatic heterocycles. The Labute approximate surface area is 76.3 Å². The highest BCUT2D eigenvalue weighted by atomic mass is 16.7. The van der Waals surface area contributed by atoms with E-state index in [9.17, 15) is 0 Å². The first-order valence-electron chi connectivity index (χ1n) is 4.63. The number of hydrogen-bond donors (Lipinski definition) is 0. The second kappa shape index (κ2) is 5.55. The van der Waals surface area contributed by atoms with Crippen molar-refractivity contribution in [3.05, 3.63) is 6.61 Å². The van der Waals surface area contributed by atoms with E-state index in [1.807, 2.05) is 13.8 Å². The molecule has 0 spiro atoms. The van der Waals surface area contributed by atoms with E-state index in [-0.39, 0.29) is 0 Å². The van der Waals surface area contributed by atoms with Crippen LogP contribution in [0.5, 0.6) is 0 Å². The standard InChI is InChI=1S/C10H21O2/c1-6-10(5,11-7-2)12-8-9(3)4/h7,9H,6,8H2,1-5H3. The summed E-state index contributed by atoms with van der Waals surface area (Å²) >= 11 is 0. The predicted octanol–water partition coefficient (Wildman–Crippen LogP) is 2.98. The van der Waals surface area contributed by atoms with Gasteiger partial charge in [0.1, 0.15) is 0 Å². The van der Waals surface area contributed by atoms with E-state index in [4.69, 9.17) is 9.47 Å². The maximum Gasteiger partial charge on any atom is 0.165 e. The van der Waals surface area contributed by atoms with Crippen LogP contribution in [-0.2, 0) is 9.47 Å². The summed E-state index contributed by atoms with van der Waals surface area (Å²) in [7, 11) is 0. The van der Waals surface area contributed by atoms with Gasteiger partial charge in [0.15, 0.2) is 5.79 Å². The van der Waals surface area contributed by atoms with E-state index in [2.05, 4.69) is 20.8 Å². The molecule has 12 heavy (non-hydrogen) atoms. The van der Waals surface area contributed by atoms with Crippen molar-refractivity contribution in [3.8, 4) is 0 Å². The summed E-state index contributed by atoms with van der Waals surface area (Å²) in [5.41, 5.74) is 0. The molecule has 0 saturated carbocycles. The molecule has 2 heteroatoms. The molecule has 1 atom stereocenters.